The lowest BCUT2D eigenvalue weighted by Crippen LogP contribution is -2.57. The minimum Gasteiger partial charge on any atom is -0.508 e. The Morgan fingerprint density at radius 2 is 1.63 bits per heavy atom. The number of benzene rings is 3. The topological polar surface area (TPSA) is 108 Å². The number of nitrogens with zero attached hydrogens (tertiary/aromatic N) is 1. The van der Waals surface area contributed by atoms with Crippen molar-refractivity contribution in [3.8, 4) is 5.75 Å². The summed E-state index contributed by atoms with van der Waals surface area (Å²) < 4.78 is 5.47. The molecule has 0 saturated heterocycles. The Hall–Kier alpha value is -4.07. The third kappa shape index (κ3) is 7.57. The van der Waals surface area contributed by atoms with E-state index in [1.54, 1.807) is 43.9 Å². The molecule has 2 unspecified atom stereocenters. The number of fused-ring (bicyclic) bond motifs is 1. The van der Waals surface area contributed by atoms with Crippen molar-refractivity contribution < 1.29 is 24.2 Å². The molecular formula is C33H41N3O5. The zero-order valence-electron chi connectivity index (χ0n) is 24.5. The SMILES string of the molecule is CC(C)CC(NC(=O)OC(C)(C)C)C(=O)N(C1CCC1)C(C(=O)Nc1ccc2ccccc2c1)c1ccccc1O. The first-order chi connectivity index (χ1) is 19.4. The first-order valence-corrected chi connectivity index (χ1v) is 14.3. The molecule has 3 amide bonds. The Bertz CT molecular complexity index is 1390. The van der Waals surface area contributed by atoms with Crippen LogP contribution in [-0.2, 0) is 14.3 Å². The molecule has 8 nitrogen and oxygen atoms in total. The molecule has 1 fully saturated rings. The zero-order valence-corrected chi connectivity index (χ0v) is 24.5. The van der Waals surface area contributed by atoms with Crippen LogP contribution in [0.4, 0.5) is 10.5 Å². The molecule has 4 rings (SSSR count). The molecule has 2 atom stereocenters. The molecule has 1 aliphatic carbocycles. The standard InChI is InChI=1S/C33H41N3O5/c1-21(2)19-27(35-32(40)41-33(3,4)5)31(39)36(25-13-10-14-25)29(26-15-8-9-16-28(26)37)30(38)34-24-18-17-22-11-6-7-12-23(22)20-24/h6-9,11-12,15-18,20-21,25,27,29,37H,10,13-14,19H2,1-5H3,(H,34,38)(H,35,40). The van der Waals surface area contributed by atoms with Gasteiger partial charge in [0.25, 0.3) is 5.91 Å². The lowest BCUT2D eigenvalue weighted by molar-refractivity contribution is -0.146. The second-order valence-corrected chi connectivity index (χ2v) is 12.2. The van der Waals surface area contributed by atoms with Crippen LogP contribution in [0.15, 0.2) is 66.7 Å². The average Bonchev–Trinajstić information content (AvgIpc) is 2.86. The van der Waals surface area contributed by atoms with Crippen LogP contribution in [0.3, 0.4) is 0 Å². The third-order valence-electron chi connectivity index (χ3n) is 7.19. The smallest absolute Gasteiger partial charge is 0.408 e. The summed E-state index contributed by atoms with van der Waals surface area (Å²) >= 11 is 0. The number of nitrogens with one attached hydrogen (secondary N) is 2. The molecule has 0 radical (unpaired) electrons. The fourth-order valence-electron chi connectivity index (χ4n) is 5.12. The van der Waals surface area contributed by atoms with E-state index in [2.05, 4.69) is 10.6 Å². The van der Waals surface area contributed by atoms with Gasteiger partial charge in [0, 0.05) is 17.3 Å². The van der Waals surface area contributed by atoms with E-state index in [1.807, 2.05) is 56.3 Å². The predicted molar refractivity (Wildman–Crippen MR) is 161 cm³/mol. The molecule has 1 aliphatic rings. The molecule has 0 bridgehead atoms. The molecule has 3 aromatic rings. The lowest BCUT2D eigenvalue weighted by atomic mass is 9.87. The Balaban J connectivity index is 1.72. The number of hydrogen-bond acceptors (Lipinski definition) is 5. The van der Waals surface area contributed by atoms with Crippen LogP contribution in [0, 0.1) is 5.92 Å². The summed E-state index contributed by atoms with van der Waals surface area (Å²) in [7, 11) is 0. The van der Waals surface area contributed by atoms with Gasteiger partial charge in [-0.3, -0.25) is 9.59 Å². The first-order valence-electron chi connectivity index (χ1n) is 14.3. The van der Waals surface area contributed by atoms with E-state index in [9.17, 15) is 19.5 Å². The van der Waals surface area contributed by atoms with Crippen LogP contribution in [0.25, 0.3) is 10.8 Å². The summed E-state index contributed by atoms with van der Waals surface area (Å²) in [5.41, 5.74) is 0.175. The van der Waals surface area contributed by atoms with Gasteiger partial charge in [0.05, 0.1) is 0 Å². The summed E-state index contributed by atoms with van der Waals surface area (Å²) in [5, 5.41) is 18.7. The monoisotopic (exact) mass is 559 g/mol. The van der Waals surface area contributed by atoms with Gasteiger partial charge < -0.3 is 25.4 Å². The maximum Gasteiger partial charge on any atom is 0.408 e. The van der Waals surface area contributed by atoms with Gasteiger partial charge in [-0.2, -0.15) is 0 Å². The highest BCUT2D eigenvalue weighted by molar-refractivity contribution is 6.01. The van der Waals surface area contributed by atoms with Gasteiger partial charge >= 0.3 is 6.09 Å². The van der Waals surface area contributed by atoms with Crippen LogP contribution in [0.2, 0.25) is 0 Å². The van der Waals surface area contributed by atoms with Crippen molar-refractivity contribution in [2.75, 3.05) is 5.32 Å². The molecule has 0 spiro atoms. The minimum atomic E-state index is -1.12. The zero-order chi connectivity index (χ0) is 29.7. The van der Waals surface area contributed by atoms with Crippen LogP contribution < -0.4 is 10.6 Å². The highest BCUT2D eigenvalue weighted by Gasteiger charge is 2.43. The van der Waals surface area contributed by atoms with E-state index in [4.69, 9.17) is 4.74 Å². The van der Waals surface area contributed by atoms with E-state index >= 15 is 0 Å². The minimum absolute atomic E-state index is 0.0798. The average molecular weight is 560 g/mol. The number of anilines is 1. The number of amides is 3. The number of hydrogen-bond donors (Lipinski definition) is 3. The van der Waals surface area contributed by atoms with Crippen molar-refractivity contribution in [2.24, 2.45) is 5.92 Å². The number of carbonyl (C=O) groups excluding carboxylic acids is 3. The van der Waals surface area contributed by atoms with Crippen molar-refractivity contribution in [1.29, 1.82) is 0 Å². The van der Waals surface area contributed by atoms with E-state index < -0.39 is 29.7 Å². The fraction of sp³-hybridized carbons (Fsp3) is 0.424. The van der Waals surface area contributed by atoms with E-state index in [0.29, 0.717) is 17.7 Å². The number of rotatable bonds is 9. The number of alkyl carbamates (subject to hydrolysis) is 1. The molecule has 0 aliphatic heterocycles. The summed E-state index contributed by atoms with van der Waals surface area (Å²) in [6.07, 6.45) is 2.04. The van der Waals surface area contributed by atoms with Crippen LogP contribution in [0.1, 0.15) is 71.9 Å². The second kappa shape index (κ2) is 12.6. The van der Waals surface area contributed by atoms with Crippen molar-refractivity contribution >= 4 is 34.4 Å². The van der Waals surface area contributed by atoms with Gasteiger partial charge in [0.15, 0.2) is 0 Å². The van der Waals surface area contributed by atoms with Gasteiger partial charge in [-0.05, 0) is 81.3 Å². The highest BCUT2D eigenvalue weighted by atomic mass is 16.6. The highest BCUT2D eigenvalue weighted by Crippen LogP contribution is 2.37. The van der Waals surface area contributed by atoms with Crippen molar-refractivity contribution in [2.45, 2.75) is 84.0 Å². The fourth-order valence-corrected chi connectivity index (χ4v) is 5.12. The van der Waals surface area contributed by atoms with Crippen LogP contribution in [0.5, 0.6) is 5.75 Å². The first kappa shape index (κ1) is 29.9. The molecule has 218 valence electrons. The molecule has 0 heterocycles. The van der Waals surface area contributed by atoms with Crippen molar-refractivity contribution in [3.63, 3.8) is 0 Å². The number of phenolic OH excluding ortho intramolecular Hbond substituents is 1. The molecule has 41 heavy (non-hydrogen) atoms. The number of aromatic hydroxyl groups is 1. The molecule has 8 heteroatoms. The Morgan fingerprint density at radius 3 is 2.24 bits per heavy atom. The molecule has 3 N–H and O–H groups in total. The second-order valence-electron chi connectivity index (χ2n) is 12.2. The maximum absolute atomic E-state index is 14.4. The molecule has 1 saturated carbocycles. The Labute approximate surface area is 242 Å². The third-order valence-corrected chi connectivity index (χ3v) is 7.19. The maximum atomic E-state index is 14.4. The molecular weight excluding hydrogens is 518 g/mol. The number of carbonyl (C=O) groups is 3. The van der Waals surface area contributed by atoms with Crippen LogP contribution >= 0.6 is 0 Å². The van der Waals surface area contributed by atoms with Crippen molar-refractivity contribution in [3.05, 3.63) is 72.3 Å². The van der Waals surface area contributed by atoms with Gasteiger partial charge in [-0.15, -0.1) is 0 Å². The van der Waals surface area contributed by atoms with Gasteiger partial charge in [0.1, 0.15) is 23.4 Å². The Morgan fingerprint density at radius 1 is 0.976 bits per heavy atom. The summed E-state index contributed by atoms with van der Waals surface area (Å²) in [6, 6.07) is 17.8. The normalized spacial score (nSPS) is 15.1. The summed E-state index contributed by atoms with van der Waals surface area (Å²) in [6.45, 7) is 9.23. The largest absolute Gasteiger partial charge is 0.508 e. The van der Waals surface area contributed by atoms with E-state index in [1.165, 1.54) is 6.07 Å². The lowest BCUT2D eigenvalue weighted by Gasteiger charge is -2.43. The summed E-state index contributed by atoms with van der Waals surface area (Å²) in [5.74, 6) is -0.820. The molecule has 3 aromatic carbocycles. The van der Waals surface area contributed by atoms with Gasteiger partial charge in [-0.25, -0.2) is 4.79 Å². The van der Waals surface area contributed by atoms with E-state index in [-0.39, 0.29) is 23.6 Å². The quantitative estimate of drug-likeness (QED) is 0.276. The van der Waals surface area contributed by atoms with E-state index in [0.717, 1.165) is 30.0 Å². The predicted octanol–water partition coefficient (Wildman–Crippen LogP) is 6.55. The van der Waals surface area contributed by atoms with Gasteiger partial charge in [0.2, 0.25) is 5.91 Å². The number of ether oxygens (including phenoxy) is 1. The number of phenols is 1. The van der Waals surface area contributed by atoms with Gasteiger partial charge in [-0.1, -0.05) is 62.4 Å². The van der Waals surface area contributed by atoms with Crippen molar-refractivity contribution in [1.82, 2.24) is 10.2 Å². The Kier molecular flexibility index (Phi) is 9.21. The molecule has 0 aromatic heterocycles. The van der Waals surface area contributed by atoms with Crippen LogP contribution in [-0.4, -0.2) is 45.6 Å². The summed E-state index contributed by atoms with van der Waals surface area (Å²) in [4.78, 5) is 42.8. The number of para-hydroxylation sites is 1.